The standard InChI is InChI=1S/C11H9IN2OS/c1-7-2-3-8(4-9(7)12)14-11(15)10-5-16-6-13-10/h2-6H,1H3,(H,14,15). The summed E-state index contributed by atoms with van der Waals surface area (Å²) in [4.78, 5) is 15.7. The Hall–Kier alpha value is -0.950. The number of thiazole rings is 1. The number of anilines is 1. The van der Waals surface area contributed by atoms with Gasteiger partial charge < -0.3 is 5.32 Å². The van der Waals surface area contributed by atoms with Gasteiger partial charge in [-0.15, -0.1) is 11.3 Å². The highest BCUT2D eigenvalue weighted by Gasteiger charge is 2.08. The van der Waals surface area contributed by atoms with Crippen molar-refractivity contribution in [2.75, 3.05) is 5.32 Å². The zero-order chi connectivity index (χ0) is 11.5. The minimum absolute atomic E-state index is 0.166. The Balaban J connectivity index is 2.15. The molecule has 16 heavy (non-hydrogen) atoms. The molecule has 1 heterocycles. The zero-order valence-electron chi connectivity index (χ0n) is 8.53. The van der Waals surface area contributed by atoms with Crippen LogP contribution in [0.5, 0.6) is 0 Å². The molecule has 0 fully saturated rings. The Morgan fingerprint density at radius 2 is 2.31 bits per heavy atom. The van der Waals surface area contributed by atoms with E-state index in [1.807, 2.05) is 25.1 Å². The Morgan fingerprint density at radius 1 is 1.50 bits per heavy atom. The normalized spacial score (nSPS) is 10.1. The molecule has 0 atom stereocenters. The minimum atomic E-state index is -0.166. The van der Waals surface area contributed by atoms with Crippen LogP contribution in [0.15, 0.2) is 29.1 Å². The first-order valence-electron chi connectivity index (χ1n) is 4.62. The Kier molecular flexibility index (Phi) is 3.55. The second-order valence-corrected chi connectivity index (χ2v) is 5.17. The minimum Gasteiger partial charge on any atom is -0.321 e. The van der Waals surface area contributed by atoms with E-state index in [1.165, 1.54) is 16.9 Å². The van der Waals surface area contributed by atoms with Crippen LogP contribution in [0.2, 0.25) is 0 Å². The third kappa shape index (κ3) is 2.59. The van der Waals surface area contributed by atoms with Crippen molar-refractivity contribution in [3.63, 3.8) is 0 Å². The van der Waals surface area contributed by atoms with Crippen LogP contribution in [0.25, 0.3) is 0 Å². The third-order valence-corrected chi connectivity index (χ3v) is 3.84. The van der Waals surface area contributed by atoms with Gasteiger partial charge in [0.15, 0.2) is 0 Å². The molecule has 2 rings (SSSR count). The molecular formula is C11H9IN2OS. The highest BCUT2D eigenvalue weighted by atomic mass is 127. The van der Waals surface area contributed by atoms with Crippen molar-refractivity contribution in [1.29, 1.82) is 0 Å². The van der Waals surface area contributed by atoms with Crippen LogP contribution >= 0.6 is 33.9 Å². The van der Waals surface area contributed by atoms with Crippen LogP contribution in [0.3, 0.4) is 0 Å². The molecule has 0 aliphatic heterocycles. The van der Waals surface area contributed by atoms with E-state index in [9.17, 15) is 4.79 Å². The molecule has 5 heteroatoms. The van der Waals surface area contributed by atoms with Crippen molar-refractivity contribution in [3.05, 3.63) is 43.9 Å². The van der Waals surface area contributed by atoms with Gasteiger partial charge in [0.2, 0.25) is 0 Å². The van der Waals surface area contributed by atoms with Crippen LogP contribution in [0.1, 0.15) is 16.1 Å². The molecule has 1 amide bonds. The van der Waals surface area contributed by atoms with Crippen molar-refractivity contribution in [3.8, 4) is 0 Å². The van der Waals surface area contributed by atoms with Gasteiger partial charge in [0.25, 0.3) is 5.91 Å². The summed E-state index contributed by atoms with van der Waals surface area (Å²) in [6.45, 7) is 2.04. The van der Waals surface area contributed by atoms with E-state index in [0.717, 1.165) is 9.26 Å². The number of rotatable bonds is 2. The number of amides is 1. The van der Waals surface area contributed by atoms with Gasteiger partial charge in [0.1, 0.15) is 5.69 Å². The summed E-state index contributed by atoms with van der Waals surface area (Å²) in [7, 11) is 0. The summed E-state index contributed by atoms with van der Waals surface area (Å²) in [5.74, 6) is -0.166. The first-order chi connectivity index (χ1) is 7.66. The van der Waals surface area contributed by atoms with Crippen molar-refractivity contribution >= 4 is 45.5 Å². The van der Waals surface area contributed by atoms with Crippen LogP contribution < -0.4 is 5.32 Å². The van der Waals surface area contributed by atoms with Crippen molar-refractivity contribution in [1.82, 2.24) is 4.98 Å². The van der Waals surface area contributed by atoms with Crippen LogP contribution in [0, 0.1) is 10.5 Å². The van der Waals surface area contributed by atoms with Gasteiger partial charge >= 0.3 is 0 Å². The molecule has 0 saturated carbocycles. The molecule has 1 N–H and O–H groups in total. The SMILES string of the molecule is Cc1ccc(NC(=O)c2cscn2)cc1I. The highest BCUT2D eigenvalue weighted by molar-refractivity contribution is 14.1. The topological polar surface area (TPSA) is 42.0 Å². The number of halogens is 1. The van der Waals surface area contributed by atoms with Gasteiger partial charge in [0.05, 0.1) is 5.51 Å². The maximum atomic E-state index is 11.7. The van der Waals surface area contributed by atoms with Gasteiger partial charge in [0, 0.05) is 14.6 Å². The molecule has 0 unspecified atom stereocenters. The number of carbonyl (C=O) groups excluding carboxylic acids is 1. The smallest absolute Gasteiger partial charge is 0.275 e. The maximum absolute atomic E-state index is 11.7. The van der Waals surface area contributed by atoms with Gasteiger partial charge in [-0.05, 0) is 47.2 Å². The van der Waals surface area contributed by atoms with Crippen molar-refractivity contribution in [2.24, 2.45) is 0 Å². The zero-order valence-corrected chi connectivity index (χ0v) is 11.5. The van der Waals surface area contributed by atoms with E-state index in [1.54, 1.807) is 10.9 Å². The number of benzene rings is 1. The first kappa shape index (κ1) is 11.5. The van der Waals surface area contributed by atoms with Crippen molar-refractivity contribution < 1.29 is 4.79 Å². The van der Waals surface area contributed by atoms with E-state index in [2.05, 4.69) is 32.9 Å². The predicted octanol–water partition coefficient (Wildman–Crippen LogP) is 3.31. The number of aryl methyl sites for hydroxylation is 1. The largest absolute Gasteiger partial charge is 0.321 e. The molecule has 82 valence electrons. The number of nitrogens with one attached hydrogen (secondary N) is 1. The van der Waals surface area contributed by atoms with Crippen LogP contribution in [-0.2, 0) is 0 Å². The van der Waals surface area contributed by atoms with Gasteiger partial charge in [-0.2, -0.15) is 0 Å². The molecule has 0 aliphatic carbocycles. The lowest BCUT2D eigenvalue weighted by atomic mass is 10.2. The maximum Gasteiger partial charge on any atom is 0.275 e. The number of hydrogen-bond donors (Lipinski definition) is 1. The summed E-state index contributed by atoms with van der Waals surface area (Å²) < 4.78 is 1.13. The average Bonchev–Trinajstić information content (AvgIpc) is 2.77. The van der Waals surface area contributed by atoms with Gasteiger partial charge in [-0.25, -0.2) is 4.98 Å². The van der Waals surface area contributed by atoms with Gasteiger partial charge in [-0.1, -0.05) is 6.07 Å². The molecule has 0 bridgehead atoms. The highest BCUT2D eigenvalue weighted by Crippen LogP contribution is 2.17. The molecule has 1 aromatic carbocycles. The fraction of sp³-hybridized carbons (Fsp3) is 0.0909. The lowest BCUT2D eigenvalue weighted by Gasteiger charge is -2.05. The lowest BCUT2D eigenvalue weighted by molar-refractivity contribution is 0.102. The molecule has 2 aromatic rings. The van der Waals surface area contributed by atoms with Crippen molar-refractivity contribution in [2.45, 2.75) is 6.92 Å². The third-order valence-electron chi connectivity index (χ3n) is 2.09. The number of aromatic nitrogens is 1. The summed E-state index contributed by atoms with van der Waals surface area (Å²) in [6, 6.07) is 5.82. The van der Waals surface area contributed by atoms with E-state index in [4.69, 9.17) is 0 Å². The summed E-state index contributed by atoms with van der Waals surface area (Å²) in [6.07, 6.45) is 0. The fourth-order valence-corrected chi connectivity index (χ4v) is 2.24. The average molecular weight is 344 g/mol. The molecule has 0 saturated heterocycles. The molecule has 0 radical (unpaired) electrons. The summed E-state index contributed by atoms with van der Waals surface area (Å²) in [5.41, 5.74) is 4.11. The summed E-state index contributed by atoms with van der Waals surface area (Å²) in [5, 5.41) is 4.54. The van der Waals surface area contributed by atoms with E-state index in [-0.39, 0.29) is 5.91 Å². The molecule has 3 nitrogen and oxygen atoms in total. The Bertz CT molecular complexity index is 511. The summed E-state index contributed by atoms with van der Waals surface area (Å²) >= 11 is 3.66. The quantitative estimate of drug-likeness (QED) is 0.850. The first-order valence-corrected chi connectivity index (χ1v) is 6.64. The second-order valence-electron chi connectivity index (χ2n) is 3.29. The van der Waals surface area contributed by atoms with E-state index >= 15 is 0 Å². The van der Waals surface area contributed by atoms with Gasteiger partial charge in [-0.3, -0.25) is 4.79 Å². The van der Waals surface area contributed by atoms with E-state index < -0.39 is 0 Å². The molecule has 0 aliphatic rings. The predicted molar refractivity (Wildman–Crippen MR) is 74.0 cm³/mol. The molecule has 1 aromatic heterocycles. The molecular weight excluding hydrogens is 335 g/mol. The Labute approximate surface area is 111 Å². The lowest BCUT2D eigenvalue weighted by Crippen LogP contribution is -2.12. The monoisotopic (exact) mass is 344 g/mol. The molecule has 0 spiro atoms. The number of carbonyl (C=O) groups is 1. The van der Waals surface area contributed by atoms with Crippen LogP contribution in [0.4, 0.5) is 5.69 Å². The number of nitrogens with zero attached hydrogens (tertiary/aromatic N) is 1. The van der Waals surface area contributed by atoms with Crippen LogP contribution in [-0.4, -0.2) is 10.9 Å². The Morgan fingerprint density at radius 3 is 2.94 bits per heavy atom. The second kappa shape index (κ2) is 4.92. The fourth-order valence-electron chi connectivity index (χ4n) is 1.19. The number of hydrogen-bond acceptors (Lipinski definition) is 3. The van der Waals surface area contributed by atoms with E-state index in [0.29, 0.717) is 5.69 Å².